The first-order chi connectivity index (χ1) is 9.74. The molecule has 2 N–H and O–H groups in total. The summed E-state index contributed by atoms with van der Waals surface area (Å²) in [5.74, 6) is -0.110. The van der Waals surface area contributed by atoms with Gasteiger partial charge in [0.05, 0.1) is 5.69 Å². The molecule has 20 heavy (non-hydrogen) atoms. The quantitative estimate of drug-likeness (QED) is 0.747. The maximum absolute atomic E-state index is 12.1. The number of rotatable bonds is 3. The Balaban J connectivity index is 1.76. The highest BCUT2D eigenvalue weighted by atomic mass is 79.9. The molecule has 0 bridgehead atoms. The Morgan fingerprint density at radius 2 is 2.00 bits per heavy atom. The van der Waals surface area contributed by atoms with Crippen molar-refractivity contribution in [3.05, 3.63) is 57.3 Å². The smallest absolute Gasteiger partial charge is 0.266 e. The van der Waals surface area contributed by atoms with Crippen LogP contribution in [0, 0.1) is 0 Å². The fourth-order valence-corrected chi connectivity index (χ4v) is 3.24. The summed E-state index contributed by atoms with van der Waals surface area (Å²) >= 11 is 4.76. The Morgan fingerprint density at radius 1 is 1.20 bits per heavy atom. The van der Waals surface area contributed by atoms with Gasteiger partial charge in [0.2, 0.25) is 0 Å². The highest BCUT2D eigenvalue weighted by molar-refractivity contribution is 9.10. The Labute approximate surface area is 128 Å². The van der Waals surface area contributed by atoms with Crippen LogP contribution in [0.5, 0.6) is 0 Å². The second-order valence-electron chi connectivity index (χ2n) is 4.10. The fourth-order valence-electron chi connectivity index (χ4n) is 1.79. The number of benzene rings is 1. The fraction of sp³-hybridized carbons (Fsp3) is 0. The summed E-state index contributed by atoms with van der Waals surface area (Å²) in [5, 5.41) is 11.6. The molecule has 0 fully saturated rings. The molecular formula is C14H10BrN3OS. The molecule has 0 unspecified atom stereocenters. The lowest BCUT2D eigenvalue weighted by Crippen LogP contribution is -2.10. The van der Waals surface area contributed by atoms with E-state index in [2.05, 4.69) is 31.4 Å². The molecule has 1 aromatic carbocycles. The van der Waals surface area contributed by atoms with Gasteiger partial charge in [-0.25, -0.2) is 0 Å². The number of hydrogen-bond acceptors (Lipinski definition) is 3. The zero-order chi connectivity index (χ0) is 13.9. The number of H-pyrrole nitrogens is 1. The van der Waals surface area contributed by atoms with Gasteiger partial charge in [-0.3, -0.25) is 9.89 Å². The zero-order valence-corrected chi connectivity index (χ0v) is 12.7. The summed E-state index contributed by atoms with van der Waals surface area (Å²) in [6.45, 7) is 0. The van der Waals surface area contributed by atoms with Crippen LogP contribution in [0.1, 0.15) is 9.67 Å². The summed E-state index contributed by atoms with van der Waals surface area (Å²) in [7, 11) is 0. The van der Waals surface area contributed by atoms with Crippen molar-refractivity contribution in [2.45, 2.75) is 0 Å². The first-order valence-corrected chi connectivity index (χ1v) is 7.55. The number of aromatic nitrogens is 2. The highest BCUT2D eigenvalue weighted by Crippen LogP contribution is 2.24. The number of nitrogens with zero attached hydrogens (tertiary/aromatic N) is 1. The summed E-state index contributed by atoms with van der Waals surface area (Å²) < 4.78 is 0.814. The lowest BCUT2D eigenvalue weighted by atomic mass is 10.1. The van der Waals surface area contributed by atoms with Crippen LogP contribution in [-0.4, -0.2) is 16.1 Å². The average Bonchev–Trinajstić information content (AvgIpc) is 3.10. The number of hydrogen-bond donors (Lipinski definition) is 2. The topological polar surface area (TPSA) is 57.8 Å². The number of aromatic amines is 1. The van der Waals surface area contributed by atoms with E-state index < -0.39 is 0 Å². The lowest BCUT2D eigenvalue weighted by molar-refractivity contribution is 0.103. The molecule has 0 saturated carbocycles. The van der Waals surface area contributed by atoms with Gasteiger partial charge in [0, 0.05) is 16.4 Å². The van der Waals surface area contributed by atoms with Gasteiger partial charge in [-0.2, -0.15) is 5.10 Å². The number of carbonyl (C=O) groups is 1. The minimum absolute atomic E-state index is 0.110. The van der Waals surface area contributed by atoms with Gasteiger partial charge >= 0.3 is 0 Å². The van der Waals surface area contributed by atoms with Crippen LogP contribution in [0.25, 0.3) is 11.3 Å². The number of carbonyl (C=O) groups excluding carboxylic acids is 1. The maximum atomic E-state index is 12.1. The average molecular weight is 348 g/mol. The van der Waals surface area contributed by atoms with E-state index in [4.69, 9.17) is 0 Å². The minimum atomic E-state index is -0.110. The van der Waals surface area contributed by atoms with E-state index in [0.717, 1.165) is 21.4 Å². The molecule has 0 aliphatic heterocycles. The third kappa shape index (κ3) is 2.66. The van der Waals surface area contributed by atoms with Crippen molar-refractivity contribution in [1.29, 1.82) is 0 Å². The monoisotopic (exact) mass is 347 g/mol. The molecule has 0 spiro atoms. The van der Waals surface area contributed by atoms with E-state index in [0.29, 0.717) is 4.88 Å². The molecular weight excluding hydrogens is 338 g/mol. The minimum Gasteiger partial charge on any atom is -0.321 e. The maximum Gasteiger partial charge on any atom is 0.266 e. The van der Waals surface area contributed by atoms with E-state index in [9.17, 15) is 4.79 Å². The summed E-state index contributed by atoms with van der Waals surface area (Å²) in [5.41, 5.74) is 2.74. The normalized spacial score (nSPS) is 10.4. The van der Waals surface area contributed by atoms with Crippen molar-refractivity contribution < 1.29 is 4.79 Å². The molecule has 3 aromatic rings. The Morgan fingerprint density at radius 3 is 2.60 bits per heavy atom. The molecule has 0 radical (unpaired) electrons. The number of amides is 1. The van der Waals surface area contributed by atoms with Crippen molar-refractivity contribution in [3.8, 4) is 11.3 Å². The number of anilines is 1. The third-order valence-corrected chi connectivity index (χ3v) is 4.61. The molecule has 0 saturated heterocycles. The molecule has 100 valence electrons. The van der Waals surface area contributed by atoms with Crippen LogP contribution >= 0.6 is 27.3 Å². The van der Waals surface area contributed by atoms with Gasteiger partial charge in [-0.1, -0.05) is 12.1 Å². The van der Waals surface area contributed by atoms with Gasteiger partial charge in [0.15, 0.2) is 0 Å². The number of halogens is 1. The second kappa shape index (κ2) is 5.60. The molecule has 6 heteroatoms. The first-order valence-electron chi connectivity index (χ1n) is 5.88. The molecule has 0 aliphatic rings. The molecule has 0 aliphatic carbocycles. The van der Waals surface area contributed by atoms with Crippen molar-refractivity contribution >= 4 is 38.9 Å². The zero-order valence-electron chi connectivity index (χ0n) is 10.3. The number of thiophene rings is 1. The summed E-state index contributed by atoms with van der Waals surface area (Å²) in [6.07, 6.45) is 1.71. The largest absolute Gasteiger partial charge is 0.321 e. The Bertz CT molecular complexity index is 719. The third-order valence-electron chi connectivity index (χ3n) is 2.78. The van der Waals surface area contributed by atoms with E-state index >= 15 is 0 Å². The highest BCUT2D eigenvalue weighted by Gasteiger charge is 2.11. The van der Waals surface area contributed by atoms with Crippen LogP contribution < -0.4 is 5.32 Å². The van der Waals surface area contributed by atoms with Gasteiger partial charge in [-0.15, -0.1) is 11.3 Å². The predicted octanol–water partition coefficient (Wildman–Crippen LogP) is 4.15. The number of nitrogens with one attached hydrogen (secondary N) is 2. The summed E-state index contributed by atoms with van der Waals surface area (Å²) in [4.78, 5) is 12.7. The Hall–Kier alpha value is -1.92. The molecule has 2 heterocycles. The summed E-state index contributed by atoms with van der Waals surface area (Å²) in [6, 6.07) is 11.4. The van der Waals surface area contributed by atoms with Crippen molar-refractivity contribution in [2.24, 2.45) is 0 Å². The second-order valence-corrected chi connectivity index (χ2v) is 5.87. The van der Waals surface area contributed by atoms with Crippen LogP contribution in [0.15, 0.2) is 52.4 Å². The SMILES string of the molecule is O=C(Nc1ccc(-c2ccn[nH]2)cc1)c1sccc1Br. The van der Waals surface area contributed by atoms with Crippen LogP contribution in [0.4, 0.5) is 5.69 Å². The molecule has 2 aromatic heterocycles. The van der Waals surface area contributed by atoms with Gasteiger partial charge < -0.3 is 5.32 Å². The molecule has 1 amide bonds. The predicted molar refractivity (Wildman–Crippen MR) is 84.0 cm³/mol. The van der Waals surface area contributed by atoms with Crippen molar-refractivity contribution in [3.63, 3.8) is 0 Å². The van der Waals surface area contributed by atoms with Crippen LogP contribution in [0.3, 0.4) is 0 Å². The van der Waals surface area contributed by atoms with Crippen molar-refractivity contribution in [1.82, 2.24) is 10.2 Å². The molecule has 4 nitrogen and oxygen atoms in total. The van der Waals surface area contributed by atoms with E-state index in [1.165, 1.54) is 11.3 Å². The van der Waals surface area contributed by atoms with Crippen LogP contribution in [0.2, 0.25) is 0 Å². The standard InChI is InChI=1S/C14H10BrN3OS/c15-11-6-8-20-13(11)14(19)17-10-3-1-9(2-4-10)12-5-7-16-18-12/h1-8H,(H,16,18)(H,17,19). The van der Waals surface area contributed by atoms with E-state index in [1.54, 1.807) is 6.20 Å². The molecule has 3 rings (SSSR count). The van der Waals surface area contributed by atoms with Crippen LogP contribution in [-0.2, 0) is 0 Å². The van der Waals surface area contributed by atoms with Crippen molar-refractivity contribution in [2.75, 3.05) is 5.32 Å². The first kappa shape index (κ1) is 13.1. The Kier molecular flexibility index (Phi) is 3.66. The molecule has 0 atom stereocenters. The van der Waals surface area contributed by atoms with E-state index in [1.807, 2.05) is 41.8 Å². The van der Waals surface area contributed by atoms with E-state index in [-0.39, 0.29) is 5.91 Å². The van der Waals surface area contributed by atoms with Gasteiger partial charge in [0.25, 0.3) is 5.91 Å². The van der Waals surface area contributed by atoms with Gasteiger partial charge in [-0.05, 0) is 51.1 Å². The lowest BCUT2D eigenvalue weighted by Gasteiger charge is -2.05. The van der Waals surface area contributed by atoms with Gasteiger partial charge in [0.1, 0.15) is 4.88 Å².